The van der Waals surface area contributed by atoms with Gasteiger partial charge < -0.3 is 4.42 Å². The molecule has 0 saturated carbocycles. The lowest BCUT2D eigenvalue weighted by atomic mass is 9.89. The zero-order valence-electron chi connectivity index (χ0n) is 33.1. The van der Waals surface area contributed by atoms with Crippen molar-refractivity contribution in [1.29, 1.82) is 0 Å². The Labute approximate surface area is 352 Å². The number of rotatable bonds is 6. The molecule has 0 amide bonds. The summed E-state index contributed by atoms with van der Waals surface area (Å²) in [4.78, 5) is 10.6. The lowest BCUT2D eigenvalue weighted by Crippen LogP contribution is -1.97. The fraction of sp³-hybridized carbons (Fsp3) is 0. The van der Waals surface area contributed by atoms with E-state index >= 15 is 0 Å². The number of furan rings is 1. The molecule has 0 atom stereocenters. The summed E-state index contributed by atoms with van der Waals surface area (Å²) in [6, 6.07) is 77.6. The maximum atomic E-state index is 6.11. The van der Waals surface area contributed by atoms with Crippen molar-refractivity contribution in [1.82, 2.24) is 9.97 Å². The first kappa shape index (κ1) is 34.9. The van der Waals surface area contributed by atoms with E-state index in [1.54, 1.807) is 0 Å². The molecule has 2 aromatic heterocycles. The van der Waals surface area contributed by atoms with E-state index in [2.05, 4.69) is 206 Å². The molecule has 0 aliphatic carbocycles. The topological polar surface area (TPSA) is 38.9 Å². The average molecular weight is 777 g/mol. The standard InChI is InChI=1S/C58H36N2O/c1-2-12-38(13-3-1)45-16-8-9-19-48(45)54-36-53(40-24-22-37(23-25-40)43-31-33-56-52(34-43)49-20-10-11-21-55(49)61-56)59-58(60-54)42-28-26-41(27-29-42)57-47-18-7-5-15-44(47)35-51-46-17-6-4-14-39(46)30-32-50(51)57/h1-36H. The Hall–Kier alpha value is -8.14. The van der Waals surface area contributed by atoms with Gasteiger partial charge in [0.15, 0.2) is 5.82 Å². The van der Waals surface area contributed by atoms with Crippen molar-refractivity contribution in [2.45, 2.75) is 0 Å². The molecule has 12 rings (SSSR count). The fourth-order valence-electron chi connectivity index (χ4n) is 9.09. The minimum Gasteiger partial charge on any atom is -0.456 e. The second-order valence-corrected chi connectivity index (χ2v) is 15.7. The number of benzene rings is 10. The first-order valence-corrected chi connectivity index (χ1v) is 20.7. The van der Waals surface area contributed by atoms with E-state index in [9.17, 15) is 0 Å². The maximum Gasteiger partial charge on any atom is 0.160 e. The van der Waals surface area contributed by atoms with Crippen LogP contribution >= 0.6 is 0 Å². The fourth-order valence-corrected chi connectivity index (χ4v) is 9.09. The highest BCUT2D eigenvalue weighted by molar-refractivity contribution is 6.20. The summed E-state index contributed by atoms with van der Waals surface area (Å²) in [7, 11) is 0. The first-order valence-electron chi connectivity index (χ1n) is 20.7. The smallest absolute Gasteiger partial charge is 0.160 e. The van der Waals surface area contributed by atoms with Crippen LogP contribution in [0.2, 0.25) is 0 Å². The summed E-state index contributed by atoms with van der Waals surface area (Å²) in [5.41, 5.74) is 13.5. The summed E-state index contributed by atoms with van der Waals surface area (Å²) in [6.07, 6.45) is 0. The van der Waals surface area contributed by atoms with Crippen LogP contribution in [-0.2, 0) is 0 Å². The molecule has 0 N–H and O–H groups in total. The Bertz CT molecular complexity index is 3620. The third-order valence-corrected chi connectivity index (χ3v) is 12.1. The molecular formula is C58H36N2O. The van der Waals surface area contributed by atoms with Crippen LogP contribution in [0, 0.1) is 0 Å². The molecule has 2 heterocycles. The molecule has 0 aliphatic heterocycles. The molecule has 0 bridgehead atoms. The molecule has 0 aliphatic rings. The van der Waals surface area contributed by atoms with Gasteiger partial charge in [0.1, 0.15) is 11.2 Å². The van der Waals surface area contributed by atoms with Crippen LogP contribution in [0.4, 0.5) is 0 Å². The highest BCUT2D eigenvalue weighted by atomic mass is 16.3. The van der Waals surface area contributed by atoms with E-state index in [0.29, 0.717) is 5.82 Å². The van der Waals surface area contributed by atoms with E-state index in [0.717, 1.165) is 77.8 Å². The Balaban J connectivity index is 0.983. The van der Waals surface area contributed by atoms with Crippen molar-refractivity contribution in [2.75, 3.05) is 0 Å². The van der Waals surface area contributed by atoms with Gasteiger partial charge in [-0.05, 0) is 96.0 Å². The van der Waals surface area contributed by atoms with Gasteiger partial charge in [0, 0.05) is 27.5 Å². The van der Waals surface area contributed by atoms with Gasteiger partial charge in [0.05, 0.1) is 11.4 Å². The average Bonchev–Trinajstić information content (AvgIpc) is 3.71. The summed E-state index contributed by atoms with van der Waals surface area (Å²) in [5, 5.41) is 9.71. The van der Waals surface area contributed by atoms with E-state index in [-0.39, 0.29) is 0 Å². The van der Waals surface area contributed by atoms with Crippen LogP contribution in [-0.4, -0.2) is 9.97 Å². The lowest BCUT2D eigenvalue weighted by molar-refractivity contribution is 0.669. The third kappa shape index (κ3) is 6.06. The number of para-hydroxylation sites is 1. The van der Waals surface area contributed by atoms with E-state index in [4.69, 9.17) is 14.4 Å². The molecule has 0 saturated heterocycles. The molecular weight excluding hydrogens is 741 g/mol. The van der Waals surface area contributed by atoms with Gasteiger partial charge in [-0.15, -0.1) is 0 Å². The molecule has 10 aromatic carbocycles. The molecule has 3 nitrogen and oxygen atoms in total. The summed E-state index contributed by atoms with van der Waals surface area (Å²) < 4.78 is 6.11. The highest BCUT2D eigenvalue weighted by Gasteiger charge is 2.17. The molecule has 61 heavy (non-hydrogen) atoms. The summed E-state index contributed by atoms with van der Waals surface area (Å²) in [5.74, 6) is 0.678. The van der Waals surface area contributed by atoms with Crippen LogP contribution in [0.3, 0.4) is 0 Å². The van der Waals surface area contributed by atoms with Gasteiger partial charge in [-0.3, -0.25) is 0 Å². The number of nitrogens with zero attached hydrogens (tertiary/aromatic N) is 2. The van der Waals surface area contributed by atoms with Gasteiger partial charge in [0.2, 0.25) is 0 Å². The summed E-state index contributed by atoms with van der Waals surface area (Å²) >= 11 is 0. The third-order valence-electron chi connectivity index (χ3n) is 12.1. The Morgan fingerprint density at radius 3 is 1.72 bits per heavy atom. The molecule has 3 heteroatoms. The van der Waals surface area contributed by atoms with Gasteiger partial charge >= 0.3 is 0 Å². The molecule has 284 valence electrons. The van der Waals surface area contributed by atoms with E-state index in [1.165, 1.54) is 37.9 Å². The highest BCUT2D eigenvalue weighted by Crippen LogP contribution is 2.41. The molecule has 0 spiro atoms. The second kappa shape index (κ2) is 14.3. The Kier molecular flexibility index (Phi) is 8.17. The predicted molar refractivity (Wildman–Crippen MR) is 254 cm³/mol. The molecule has 0 fully saturated rings. The zero-order valence-corrected chi connectivity index (χ0v) is 33.1. The molecule has 0 radical (unpaired) electrons. The van der Waals surface area contributed by atoms with Crippen molar-refractivity contribution >= 4 is 54.3 Å². The quantitative estimate of drug-likeness (QED) is 0.125. The lowest BCUT2D eigenvalue weighted by Gasteiger charge is -2.15. The normalized spacial score (nSPS) is 11.6. The zero-order chi connectivity index (χ0) is 40.3. The van der Waals surface area contributed by atoms with Crippen molar-refractivity contribution in [2.24, 2.45) is 0 Å². The number of fused-ring (bicyclic) bond motifs is 7. The van der Waals surface area contributed by atoms with E-state index in [1.807, 2.05) is 12.1 Å². The number of aromatic nitrogens is 2. The minimum absolute atomic E-state index is 0.678. The van der Waals surface area contributed by atoms with Crippen LogP contribution in [0.15, 0.2) is 223 Å². The Morgan fingerprint density at radius 1 is 0.279 bits per heavy atom. The minimum atomic E-state index is 0.678. The van der Waals surface area contributed by atoms with Crippen LogP contribution in [0.1, 0.15) is 0 Å². The first-order chi connectivity index (χ1) is 30.2. The van der Waals surface area contributed by atoms with Crippen LogP contribution in [0.25, 0.3) is 122 Å². The number of hydrogen-bond acceptors (Lipinski definition) is 3. The van der Waals surface area contributed by atoms with Crippen molar-refractivity contribution in [3.05, 3.63) is 218 Å². The monoisotopic (exact) mass is 776 g/mol. The van der Waals surface area contributed by atoms with Gasteiger partial charge in [-0.2, -0.15) is 0 Å². The van der Waals surface area contributed by atoms with Gasteiger partial charge in [-0.1, -0.05) is 188 Å². The van der Waals surface area contributed by atoms with Crippen molar-refractivity contribution < 1.29 is 4.42 Å². The largest absolute Gasteiger partial charge is 0.456 e. The molecule has 12 aromatic rings. The number of hydrogen-bond donors (Lipinski definition) is 0. The summed E-state index contributed by atoms with van der Waals surface area (Å²) in [6.45, 7) is 0. The van der Waals surface area contributed by atoms with Crippen molar-refractivity contribution in [3.63, 3.8) is 0 Å². The second-order valence-electron chi connectivity index (χ2n) is 15.7. The Morgan fingerprint density at radius 2 is 0.885 bits per heavy atom. The SMILES string of the molecule is c1ccc(-c2ccccc2-c2cc(-c3ccc(-c4ccc5oc6ccccc6c5c4)cc3)nc(-c3ccc(-c4c5ccccc5cc5c4ccc4ccccc45)cc3)n2)cc1. The van der Waals surface area contributed by atoms with Gasteiger partial charge in [-0.25, -0.2) is 9.97 Å². The van der Waals surface area contributed by atoms with E-state index < -0.39 is 0 Å². The van der Waals surface area contributed by atoms with Crippen LogP contribution in [0.5, 0.6) is 0 Å². The van der Waals surface area contributed by atoms with Crippen molar-refractivity contribution in [3.8, 4) is 67.3 Å². The van der Waals surface area contributed by atoms with Gasteiger partial charge in [0.25, 0.3) is 0 Å². The maximum absolute atomic E-state index is 6.11. The predicted octanol–water partition coefficient (Wildman–Crippen LogP) is 15.8. The van der Waals surface area contributed by atoms with Crippen LogP contribution < -0.4 is 0 Å². The molecule has 0 unspecified atom stereocenters.